The van der Waals surface area contributed by atoms with Gasteiger partial charge in [-0.2, -0.15) is 0 Å². The predicted molar refractivity (Wildman–Crippen MR) is 139 cm³/mol. The minimum Gasteiger partial charge on any atom is -0.382 e. The Morgan fingerprint density at radius 3 is 2.59 bits per heavy atom. The molecule has 3 heterocycles. The van der Waals surface area contributed by atoms with Crippen LogP contribution in [0, 0.1) is 0 Å². The maximum Gasteiger partial charge on any atom is 0.257 e. The number of aryl methyl sites for hydroxylation is 1. The number of H-pyrrole nitrogens is 1. The molecule has 5 rings (SSSR count). The van der Waals surface area contributed by atoms with Crippen LogP contribution in [0.3, 0.4) is 0 Å². The van der Waals surface area contributed by atoms with Crippen molar-refractivity contribution in [1.82, 2.24) is 14.9 Å². The van der Waals surface area contributed by atoms with Gasteiger partial charge in [0.25, 0.3) is 5.91 Å². The van der Waals surface area contributed by atoms with Crippen LogP contribution in [0.2, 0.25) is 0 Å². The molecule has 6 heteroatoms. The third-order valence-electron chi connectivity index (χ3n) is 6.94. The lowest BCUT2D eigenvalue weighted by atomic mass is 9.93. The number of nitrogens with one attached hydrogen (secondary N) is 3. The van der Waals surface area contributed by atoms with E-state index in [0.717, 1.165) is 73.4 Å². The van der Waals surface area contributed by atoms with E-state index >= 15 is 0 Å². The number of aromatic amines is 1. The molecule has 1 amide bonds. The van der Waals surface area contributed by atoms with Gasteiger partial charge in [-0.25, -0.2) is 4.98 Å². The number of piperidine rings is 1. The van der Waals surface area contributed by atoms with Gasteiger partial charge in [0.15, 0.2) is 0 Å². The Morgan fingerprint density at radius 1 is 1.12 bits per heavy atom. The smallest absolute Gasteiger partial charge is 0.257 e. The zero-order valence-corrected chi connectivity index (χ0v) is 20.0. The van der Waals surface area contributed by atoms with Crippen LogP contribution >= 0.6 is 0 Å². The number of hydrogen-bond donors (Lipinski definition) is 3. The lowest BCUT2D eigenvalue weighted by molar-refractivity contribution is -0.110. The van der Waals surface area contributed by atoms with E-state index in [1.165, 1.54) is 5.56 Å². The molecule has 0 saturated carbocycles. The van der Waals surface area contributed by atoms with Gasteiger partial charge in [-0.15, -0.1) is 0 Å². The number of fused-ring (bicyclic) bond motifs is 1. The van der Waals surface area contributed by atoms with Gasteiger partial charge in [0.1, 0.15) is 5.82 Å². The largest absolute Gasteiger partial charge is 0.382 e. The van der Waals surface area contributed by atoms with Crippen LogP contribution in [0.1, 0.15) is 55.6 Å². The second-order valence-corrected chi connectivity index (χ2v) is 9.20. The molecule has 2 aliphatic rings. The fourth-order valence-corrected chi connectivity index (χ4v) is 5.06. The van der Waals surface area contributed by atoms with Crippen molar-refractivity contribution in [3.8, 4) is 0 Å². The van der Waals surface area contributed by atoms with Gasteiger partial charge in [0, 0.05) is 54.0 Å². The molecule has 2 aromatic carbocycles. The van der Waals surface area contributed by atoms with Gasteiger partial charge >= 0.3 is 0 Å². The fraction of sp³-hybridized carbons (Fsp3) is 0.357. The Labute approximate surface area is 201 Å². The number of hydrogen-bond acceptors (Lipinski definition) is 4. The van der Waals surface area contributed by atoms with Gasteiger partial charge in [-0.05, 0) is 55.1 Å². The standard InChI is InChI=1S/C28H33N5O/c1-3-5-19-6-8-20(9-7-19)25(27-29-14-15-30-27)26-23-18-22(10-11-24(23)32-28(26)34)31-21-12-16-33(4-2)17-13-21/h6-11,14-15,18,21,31H,3-5,12-13,16-17H2,1-2H3,(H,29,30)(H,32,34). The lowest BCUT2D eigenvalue weighted by Crippen LogP contribution is -2.38. The number of benzene rings is 2. The first-order chi connectivity index (χ1) is 16.7. The molecule has 0 atom stereocenters. The van der Waals surface area contributed by atoms with E-state index in [1.54, 1.807) is 12.4 Å². The summed E-state index contributed by atoms with van der Waals surface area (Å²) in [4.78, 5) is 23.5. The van der Waals surface area contributed by atoms with Crippen LogP contribution in [0.15, 0.2) is 54.9 Å². The quantitative estimate of drug-likeness (QED) is 0.430. The Kier molecular flexibility index (Phi) is 6.50. The third-order valence-corrected chi connectivity index (χ3v) is 6.94. The van der Waals surface area contributed by atoms with Gasteiger partial charge in [-0.1, -0.05) is 44.5 Å². The van der Waals surface area contributed by atoms with E-state index in [0.29, 0.717) is 17.4 Å². The van der Waals surface area contributed by atoms with E-state index in [9.17, 15) is 4.79 Å². The molecule has 0 aliphatic carbocycles. The van der Waals surface area contributed by atoms with Crippen molar-refractivity contribution >= 4 is 28.4 Å². The van der Waals surface area contributed by atoms with Crippen molar-refractivity contribution in [3.63, 3.8) is 0 Å². The summed E-state index contributed by atoms with van der Waals surface area (Å²) in [5, 5.41) is 6.78. The Balaban J connectivity index is 1.52. The summed E-state index contributed by atoms with van der Waals surface area (Å²) in [6.07, 6.45) is 7.95. The molecule has 1 saturated heterocycles. The van der Waals surface area contributed by atoms with Crippen molar-refractivity contribution in [1.29, 1.82) is 0 Å². The molecule has 0 unspecified atom stereocenters. The first kappa shape index (κ1) is 22.4. The first-order valence-electron chi connectivity index (χ1n) is 12.4. The number of likely N-dealkylation sites (tertiary alicyclic amines) is 1. The number of amides is 1. The highest BCUT2D eigenvalue weighted by molar-refractivity contribution is 6.38. The number of imidazole rings is 1. The van der Waals surface area contributed by atoms with E-state index in [1.807, 2.05) is 6.07 Å². The Morgan fingerprint density at radius 2 is 1.91 bits per heavy atom. The predicted octanol–water partition coefficient (Wildman–Crippen LogP) is 5.17. The monoisotopic (exact) mass is 455 g/mol. The van der Waals surface area contributed by atoms with Crippen molar-refractivity contribution in [2.24, 2.45) is 0 Å². The van der Waals surface area contributed by atoms with E-state index in [2.05, 4.69) is 75.7 Å². The summed E-state index contributed by atoms with van der Waals surface area (Å²) < 4.78 is 0. The third kappa shape index (κ3) is 4.50. The number of anilines is 2. The molecule has 2 aliphatic heterocycles. The molecule has 0 bridgehead atoms. The lowest BCUT2D eigenvalue weighted by Gasteiger charge is -2.32. The summed E-state index contributed by atoms with van der Waals surface area (Å²) in [6.45, 7) is 7.77. The molecular weight excluding hydrogens is 422 g/mol. The van der Waals surface area contributed by atoms with Crippen LogP contribution < -0.4 is 10.6 Å². The minimum atomic E-state index is -0.0903. The molecule has 176 valence electrons. The number of carbonyl (C=O) groups excluding carboxylic acids is 1. The molecule has 34 heavy (non-hydrogen) atoms. The van der Waals surface area contributed by atoms with E-state index in [4.69, 9.17) is 0 Å². The van der Waals surface area contributed by atoms with Gasteiger partial charge in [-0.3, -0.25) is 4.79 Å². The second-order valence-electron chi connectivity index (χ2n) is 9.20. The summed E-state index contributed by atoms with van der Waals surface area (Å²) in [7, 11) is 0. The minimum absolute atomic E-state index is 0.0903. The normalized spacial score (nSPS) is 18.0. The van der Waals surface area contributed by atoms with E-state index < -0.39 is 0 Å². The number of rotatable bonds is 7. The van der Waals surface area contributed by atoms with Crippen molar-refractivity contribution < 1.29 is 4.79 Å². The summed E-state index contributed by atoms with van der Waals surface area (Å²) >= 11 is 0. The molecule has 3 N–H and O–H groups in total. The van der Waals surface area contributed by atoms with Gasteiger partial charge in [0.2, 0.25) is 0 Å². The Bertz CT molecular complexity index is 1170. The van der Waals surface area contributed by atoms with Crippen molar-refractivity contribution in [2.75, 3.05) is 30.3 Å². The average Bonchev–Trinajstić information content (AvgIpc) is 3.50. The highest BCUT2D eigenvalue weighted by Gasteiger charge is 2.30. The molecule has 1 fully saturated rings. The summed E-state index contributed by atoms with van der Waals surface area (Å²) in [5.74, 6) is 0.610. The first-order valence-corrected chi connectivity index (χ1v) is 12.4. The second kappa shape index (κ2) is 9.85. The van der Waals surface area contributed by atoms with Crippen LogP contribution in [-0.2, 0) is 11.2 Å². The maximum absolute atomic E-state index is 13.2. The zero-order valence-electron chi connectivity index (χ0n) is 20.0. The number of nitrogens with zero attached hydrogens (tertiary/aromatic N) is 2. The van der Waals surface area contributed by atoms with E-state index in [-0.39, 0.29) is 5.91 Å². The van der Waals surface area contributed by atoms with Crippen LogP contribution in [-0.4, -0.2) is 46.5 Å². The number of aromatic nitrogens is 2. The molecule has 0 radical (unpaired) electrons. The van der Waals surface area contributed by atoms with Gasteiger partial charge in [0.05, 0.1) is 5.57 Å². The average molecular weight is 456 g/mol. The van der Waals surface area contributed by atoms with Crippen molar-refractivity contribution in [2.45, 2.75) is 45.6 Å². The SMILES string of the molecule is CCCc1ccc(C(=C2C(=O)Nc3ccc(NC4CCN(CC)CC4)cc32)c2ncc[nH]2)cc1. The Hall–Kier alpha value is -3.38. The van der Waals surface area contributed by atoms with Gasteiger partial charge < -0.3 is 20.5 Å². The summed E-state index contributed by atoms with van der Waals surface area (Å²) in [5.41, 5.74) is 6.60. The fourth-order valence-electron chi connectivity index (χ4n) is 5.06. The molecule has 0 spiro atoms. The zero-order chi connectivity index (χ0) is 23.5. The molecule has 6 nitrogen and oxygen atoms in total. The topological polar surface area (TPSA) is 73.1 Å². The summed E-state index contributed by atoms with van der Waals surface area (Å²) in [6, 6.07) is 15.1. The highest BCUT2D eigenvalue weighted by atomic mass is 16.2. The molecule has 1 aromatic heterocycles. The van der Waals surface area contributed by atoms with Crippen LogP contribution in [0.5, 0.6) is 0 Å². The van der Waals surface area contributed by atoms with Crippen molar-refractivity contribution in [3.05, 3.63) is 77.4 Å². The maximum atomic E-state index is 13.2. The molecule has 3 aromatic rings. The molecular formula is C28H33N5O. The number of carbonyl (C=O) groups is 1. The van der Waals surface area contributed by atoms with Crippen LogP contribution in [0.4, 0.5) is 11.4 Å². The highest BCUT2D eigenvalue weighted by Crippen LogP contribution is 2.40. The van der Waals surface area contributed by atoms with Crippen LogP contribution in [0.25, 0.3) is 11.1 Å².